The lowest BCUT2D eigenvalue weighted by Gasteiger charge is -2.28. The second-order valence-electron chi connectivity index (χ2n) is 10.4. The van der Waals surface area contributed by atoms with Gasteiger partial charge < -0.3 is 4.74 Å². The first-order valence-electron chi connectivity index (χ1n) is 13.5. The molecule has 4 aromatic carbocycles. The van der Waals surface area contributed by atoms with Gasteiger partial charge in [0.2, 0.25) is 0 Å². The smallest absolute Gasteiger partial charge is 0.168 e. The second-order valence-corrected chi connectivity index (χ2v) is 10.4. The number of carbonyl (C=O) groups excluding carboxylic acids is 1. The number of rotatable bonds is 4. The first-order chi connectivity index (χ1) is 19.2. The van der Waals surface area contributed by atoms with Crippen molar-refractivity contribution in [3.8, 4) is 11.5 Å². The van der Waals surface area contributed by atoms with Crippen molar-refractivity contribution in [1.82, 2.24) is 0 Å². The molecule has 0 saturated heterocycles. The minimum atomic E-state index is -0.531. The standard InChI is InChI=1S/C36H27FO2/c37-26-16-13-24(14-17-26)36-34(38)22-33-31-18-15-23-7-4-5-12-29(23)30(31)19-20-32(33)35(36)25-8-6-11-28(21-25)39-27-9-2-1-3-10-27/h1-3,5-6,8-14,16-17,19-22,36H,4,7,15,18H2. The molecule has 0 radical (unpaired) electrons. The average Bonchev–Trinajstić information content (AvgIpc) is 2.97. The summed E-state index contributed by atoms with van der Waals surface area (Å²) in [5, 5.41) is 2.08. The maximum Gasteiger partial charge on any atom is 0.168 e. The van der Waals surface area contributed by atoms with E-state index in [0.717, 1.165) is 58.6 Å². The molecule has 4 aromatic rings. The molecule has 0 amide bonds. The highest BCUT2D eigenvalue weighted by Gasteiger charge is 2.30. The first kappa shape index (κ1) is 23.6. The number of hydrogen-bond donors (Lipinski definition) is 0. The third-order valence-corrected chi connectivity index (χ3v) is 8.08. The van der Waals surface area contributed by atoms with Gasteiger partial charge in [-0.1, -0.05) is 72.3 Å². The van der Waals surface area contributed by atoms with Crippen LogP contribution in [-0.4, -0.2) is 5.78 Å². The van der Waals surface area contributed by atoms with Gasteiger partial charge in [0.15, 0.2) is 5.78 Å². The second kappa shape index (κ2) is 9.67. The van der Waals surface area contributed by atoms with Crippen LogP contribution in [0.15, 0.2) is 109 Å². The van der Waals surface area contributed by atoms with Crippen molar-refractivity contribution in [3.05, 3.63) is 147 Å². The summed E-state index contributed by atoms with van der Waals surface area (Å²) in [5.41, 5.74) is 7.98. The molecule has 0 aromatic heterocycles. The van der Waals surface area contributed by atoms with E-state index >= 15 is 0 Å². The molecule has 3 aliphatic carbocycles. The van der Waals surface area contributed by atoms with E-state index in [-0.39, 0.29) is 11.6 Å². The summed E-state index contributed by atoms with van der Waals surface area (Å²) in [7, 11) is 0. The summed E-state index contributed by atoms with van der Waals surface area (Å²) in [6, 6.07) is 28.3. The number of halogens is 1. The van der Waals surface area contributed by atoms with E-state index in [2.05, 4.69) is 24.3 Å². The molecule has 0 N–H and O–H groups in total. The number of hydrogen-bond acceptors (Lipinski definition) is 2. The molecular weight excluding hydrogens is 483 g/mol. The molecule has 0 spiro atoms. The van der Waals surface area contributed by atoms with Gasteiger partial charge in [0.1, 0.15) is 17.3 Å². The van der Waals surface area contributed by atoms with Gasteiger partial charge in [-0.25, -0.2) is 4.39 Å². The van der Waals surface area contributed by atoms with Gasteiger partial charge in [0.05, 0.1) is 5.92 Å². The fourth-order valence-electron chi connectivity index (χ4n) is 6.30. The minimum Gasteiger partial charge on any atom is -0.457 e. The predicted molar refractivity (Wildman–Crippen MR) is 153 cm³/mol. The van der Waals surface area contributed by atoms with Gasteiger partial charge in [-0.05, 0) is 112 Å². The molecule has 0 bridgehead atoms. The Labute approximate surface area is 227 Å². The van der Waals surface area contributed by atoms with Gasteiger partial charge in [0.25, 0.3) is 0 Å². The van der Waals surface area contributed by atoms with E-state index in [0.29, 0.717) is 5.75 Å². The summed E-state index contributed by atoms with van der Waals surface area (Å²) in [6.45, 7) is 0. The minimum absolute atomic E-state index is 0.0193. The number of fused-ring (bicyclic) bond motifs is 4. The first-order valence-corrected chi connectivity index (χ1v) is 13.5. The van der Waals surface area contributed by atoms with Gasteiger partial charge in [-0.3, -0.25) is 4.79 Å². The van der Waals surface area contributed by atoms with E-state index in [1.807, 2.05) is 60.7 Å². The number of Topliss-reactive ketones (excluding diaryl/α,β-unsaturated/α-hetero) is 1. The third kappa shape index (κ3) is 4.24. The largest absolute Gasteiger partial charge is 0.457 e. The van der Waals surface area contributed by atoms with Crippen LogP contribution in [0.25, 0.3) is 17.2 Å². The molecule has 39 heavy (non-hydrogen) atoms. The van der Waals surface area contributed by atoms with Gasteiger partial charge in [0, 0.05) is 0 Å². The Morgan fingerprint density at radius 1 is 0.795 bits per heavy atom. The van der Waals surface area contributed by atoms with Gasteiger partial charge in [-0.2, -0.15) is 0 Å². The maximum atomic E-state index is 13.9. The SMILES string of the molecule is O=C1C=c2c3c(ccc2=C(c2cccc(Oc4ccccc4)c2)C1c1ccc(F)cc1)C1=C(CCC=C1)CC3. The van der Waals surface area contributed by atoms with E-state index in [4.69, 9.17) is 4.74 Å². The lowest BCUT2D eigenvalue weighted by molar-refractivity contribution is -0.113. The van der Waals surface area contributed by atoms with Crippen LogP contribution in [0.3, 0.4) is 0 Å². The Kier molecular flexibility index (Phi) is 5.85. The molecule has 190 valence electrons. The van der Waals surface area contributed by atoms with E-state index in [9.17, 15) is 9.18 Å². The highest BCUT2D eigenvalue weighted by atomic mass is 19.1. The normalized spacial score (nSPS) is 17.7. The molecule has 0 aliphatic heterocycles. The number of ketones is 1. The van der Waals surface area contributed by atoms with Crippen molar-refractivity contribution in [2.45, 2.75) is 31.6 Å². The number of ether oxygens (including phenoxy) is 1. The fraction of sp³-hybridized carbons (Fsp3) is 0.139. The third-order valence-electron chi connectivity index (χ3n) is 8.08. The van der Waals surface area contributed by atoms with Crippen LogP contribution in [0.5, 0.6) is 11.5 Å². The van der Waals surface area contributed by atoms with Crippen LogP contribution in [0.2, 0.25) is 0 Å². The van der Waals surface area contributed by atoms with Crippen molar-refractivity contribution in [1.29, 1.82) is 0 Å². The van der Waals surface area contributed by atoms with Gasteiger partial charge >= 0.3 is 0 Å². The monoisotopic (exact) mass is 510 g/mol. The van der Waals surface area contributed by atoms with E-state index in [1.165, 1.54) is 34.4 Å². The van der Waals surface area contributed by atoms with E-state index in [1.54, 1.807) is 12.1 Å². The average molecular weight is 511 g/mol. The molecule has 0 heterocycles. The van der Waals surface area contributed by atoms with Crippen LogP contribution < -0.4 is 15.2 Å². The highest BCUT2D eigenvalue weighted by molar-refractivity contribution is 6.17. The van der Waals surface area contributed by atoms with E-state index < -0.39 is 5.92 Å². The molecule has 1 unspecified atom stereocenters. The molecule has 0 saturated carbocycles. The quantitative estimate of drug-likeness (QED) is 0.295. The Hall–Kier alpha value is -4.50. The van der Waals surface area contributed by atoms with Crippen molar-refractivity contribution in [2.24, 2.45) is 0 Å². The summed E-state index contributed by atoms with van der Waals surface area (Å²) in [5.74, 6) is 0.626. The highest BCUT2D eigenvalue weighted by Crippen LogP contribution is 2.38. The Bertz CT molecular complexity index is 1790. The fourth-order valence-corrected chi connectivity index (χ4v) is 6.30. The molecule has 2 nitrogen and oxygen atoms in total. The van der Waals surface area contributed by atoms with Crippen LogP contribution in [-0.2, 0) is 11.2 Å². The summed E-state index contributed by atoms with van der Waals surface area (Å²) in [6.07, 6.45) is 10.5. The molecular formula is C36H27FO2. The van der Waals surface area contributed by atoms with Crippen LogP contribution in [0.4, 0.5) is 4.39 Å². The topological polar surface area (TPSA) is 26.3 Å². The van der Waals surface area contributed by atoms with Crippen LogP contribution in [0.1, 0.15) is 47.4 Å². The van der Waals surface area contributed by atoms with Crippen molar-refractivity contribution >= 4 is 23.0 Å². The number of allylic oxidation sites excluding steroid dienone is 4. The molecule has 3 heteroatoms. The zero-order chi connectivity index (χ0) is 26.3. The summed E-state index contributed by atoms with van der Waals surface area (Å²) >= 11 is 0. The number of para-hydroxylation sites is 1. The van der Waals surface area contributed by atoms with Crippen molar-refractivity contribution in [2.75, 3.05) is 0 Å². The molecule has 0 fully saturated rings. The molecule has 3 aliphatic rings. The Balaban J connectivity index is 1.46. The molecule has 7 rings (SSSR count). The Morgan fingerprint density at radius 3 is 2.46 bits per heavy atom. The molecule has 1 atom stereocenters. The summed E-state index contributed by atoms with van der Waals surface area (Å²) in [4.78, 5) is 13.9. The van der Waals surface area contributed by atoms with Crippen molar-refractivity contribution < 1.29 is 13.9 Å². The zero-order valence-electron chi connectivity index (χ0n) is 21.5. The number of benzene rings is 4. The zero-order valence-corrected chi connectivity index (χ0v) is 21.5. The van der Waals surface area contributed by atoms with Crippen molar-refractivity contribution in [3.63, 3.8) is 0 Å². The lowest BCUT2D eigenvalue weighted by atomic mass is 9.75. The van der Waals surface area contributed by atoms with Crippen LogP contribution >= 0.6 is 0 Å². The predicted octanol–water partition coefficient (Wildman–Crippen LogP) is 7.01. The Morgan fingerprint density at radius 2 is 1.62 bits per heavy atom. The maximum absolute atomic E-state index is 13.9. The lowest BCUT2D eigenvalue weighted by Crippen LogP contribution is -2.40. The van der Waals surface area contributed by atoms with Gasteiger partial charge in [-0.15, -0.1) is 0 Å². The van der Waals surface area contributed by atoms with Crippen LogP contribution in [0, 0.1) is 5.82 Å². The summed E-state index contributed by atoms with van der Waals surface area (Å²) < 4.78 is 20.0. The number of carbonyl (C=O) groups is 1.